The van der Waals surface area contributed by atoms with Gasteiger partial charge in [0.2, 0.25) is 0 Å². The van der Waals surface area contributed by atoms with Crippen LogP contribution in [0.1, 0.15) is 54.4 Å². The van der Waals surface area contributed by atoms with E-state index in [1.807, 2.05) is 41.5 Å². The molecule has 0 aromatic rings. The monoisotopic (exact) mass is 275 g/mol. The van der Waals surface area contributed by atoms with Gasteiger partial charge in [0.25, 0.3) is 12.4 Å². The van der Waals surface area contributed by atoms with Crippen LogP contribution in [0.3, 0.4) is 0 Å². The summed E-state index contributed by atoms with van der Waals surface area (Å²) in [6.07, 6.45) is 3.02. The van der Waals surface area contributed by atoms with Crippen LogP contribution >= 0.6 is 0 Å². The molecule has 3 unspecified atom stereocenters. The molecular weight excluding hydrogens is 246 g/mol. The van der Waals surface area contributed by atoms with Gasteiger partial charge in [-0.05, 0) is 25.8 Å². The van der Waals surface area contributed by atoms with Crippen molar-refractivity contribution >= 4 is 5.91 Å². The van der Waals surface area contributed by atoms with Gasteiger partial charge in [-0.15, -0.1) is 0 Å². The Morgan fingerprint density at radius 3 is 2.42 bits per heavy atom. The lowest BCUT2D eigenvalue weighted by atomic mass is 10.1. The van der Waals surface area contributed by atoms with Crippen molar-refractivity contribution in [3.63, 3.8) is 0 Å². The summed E-state index contributed by atoms with van der Waals surface area (Å²) in [5.74, 6) is -0.423. The molecule has 5 nitrogen and oxygen atoms in total. The topological polar surface area (TPSA) is 56.8 Å². The molecule has 1 aliphatic rings. The number of hydrogen-bond acceptors (Lipinski definition) is 4. The van der Waals surface area contributed by atoms with Crippen LogP contribution in [0.15, 0.2) is 12.7 Å². The molecular formula is C14H29NO4. The minimum Gasteiger partial charge on any atom is -0.325 e. The van der Waals surface area contributed by atoms with E-state index in [0.717, 1.165) is 18.9 Å². The van der Waals surface area contributed by atoms with Gasteiger partial charge in [0.05, 0.1) is 12.2 Å². The van der Waals surface area contributed by atoms with Crippen LogP contribution in [0.5, 0.6) is 0 Å². The highest BCUT2D eigenvalue weighted by molar-refractivity contribution is 5.85. The van der Waals surface area contributed by atoms with Crippen LogP contribution in [0.4, 0.5) is 0 Å². The Hall–Kier alpha value is -0.910. The van der Waals surface area contributed by atoms with Gasteiger partial charge in [-0.2, -0.15) is 0 Å². The first-order valence-corrected chi connectivity index (χ1v) is 7.04. The van der Waals surface area contributed by atoms with E-state index >= 15 is 0 Å². The number of rotatable bonds is 4. The summed E-state index contributed by atoms with van der Waals surface area (Å²) in [7, 11) is 0. The number of hydroxylamine groups is 1. The normalized spacial score (nSPS) is 25.1. The van der Waals surface area contributed by atoms with Gasteiger partial charge in [-0.25, -0.2) is 10.3 Å². The van der Waals surface area contributed by atoms with Crippen LogP contribution in [0, 0.1) is 0 Å². The Morgan fingerprint density at radius 1 is 1.37 bits per heavy atom. The molecule has 1 saturated heterocycles. The fraction of sp³-hybridized carbons (Fsp3) is 0.786. The van der Waals surface area contributed by atoms with Crippen molar-refractivity contribution in [2.75, 3.05) is 0 Å². The van der Waals surface area contributed by atoms with Crippen LogP contribution in [0.2, 0.25) is 0 Å². The van der Waals surface area contributed by atoms with Gasteiger partial charge in [0, 0.05) is 0 Å². The second-order valence-corrected chi connectivity index (χ2v) is 3.43. The summed E-state index contributed by atoms with van der Waals surface area (Å²) >= 11 is 0. The first-order valence-electron chi connectivity index (χ1n) is 7.04. The van der Waals surface area contributed by atoms with Crippen LogP contribution in [-0.2, 0) is 19.1 Å². The molecule has 0 radical (unpaired) electrons. The van der Waals surface area contributed by atoms with Gasteiger partial charge in [0.15, 0.2) is 0 Å². The highest BCUT2D eigenvalue weighted by atomic mass is 16.9. The Balaban J connectivity index is 0. The Bertz CT molecular complexity index is 233. The van der Waals surface area contributed by atoms with E-state index in [0.29, 0.717) is 0 Å². The summed E-state index contributed by atoms with van der Waals surface area (Å²) < 4.78 is 10.7. The van der Waals surface area contributed by atoms with Crippen LogP contribution in [0.25, 0.3) is 0 Å². The lowest BCUT2D eigenvalue weighted by Crippen LogP contribution is -2.41. The standard InChI is InChI=1S/C10H17NO4.2C2H6/c1-4-8-6-7(3)13-10(14-8)15-11-9(12)5-2;2*1-2/h5,7-8,10H,2,4,6H2,1,3H3,(H,11,12);2*1-2H3. The maximum Gasteiger partial charge on any atom is 0.294 e. The second-order valence-electron chi connectivity index (χ2n) is 3.43. The Kier molecular flexibility index (Phi) is 14.5. The van der Waals surface area contributed by atoms with E-state index in [2.05, 4.69) is 12.1 Å². The predicted molar refractivity (Wildman–Crippen MR) is 76.2 cm³/mol. The molecule has 1 rings (SSSR count). The fourth-order valence-electron chi connectivity index (χ4n) is 1.33. The van der Waals surface area contributed by atoms with Gasteiger partial charge in [-0.1, -0.05) is 41.2 Å². The van der Waals surface area contributed by atoms with Crippen LogP contribution < -0.4 is 5.48 Å². The maximum absolute atomic E-state index is 10.8. The van der Waals surface area contributed by atoms with E-state index in [-0.39, 0.29) is 12.2 Å². The number of carbonyl (C=O) groups excluding carboxylic acids is 1. The zero-order valence-corrected chi connectivity index (χ0v) is 13.1. The number of carbonyl (C=O) groups is 1. The third-order valence-electron chi connectivity index (χ3n) is 2.14. The minimum atomic E-state index is -0.831. The SMILES string of the molecule is C=CC(=O)NOC1OC(C)CC(CC)O1.CC.CC. The van der Waals surface area contributed by atoms with E-state index in [4.69, 9.17) is 14.3 Å². The molecule has 3 atom stereocenters. The van der Waals surface area contributed by atoms with Gasteiger partial charge in [-0.3, -0.25) is 4.79 Å². The fourth-order valence-corrected chi connectivity index (χ4v) is 1.33. The second kappa shape index (κ2) is 13.5. The van der Waals surface area contributed by atoms with E-state index in [1.165, 1.54) is 0 Å². The van der Waals surface area contributed by atoms with Crippen molar-refractivity contribution in [3.8, 4) is 0 Å². The Morgan fingerprint density at radius 2 is 1.95 bits per heavy atom. The van der Waals surface area contributed by atoms with E-state index in [1.54, 1.807) is 0 Å². The van der Waals surface area contributed by atoms with Crippen molar-refractivity contribution in [2.24, 2.45) is 0 Å². The number of ether oxygens (including phenoxy) is 2. The molecule has 1 heterocycles. The first-order chi connectivity index (χ1) is 9.15. The summed E-state index contributed by atoms with van der Waals surface area (Å²) in [6, 6.07) is 0. The lowest BCUT2D eigenvalue weighted by molar-refractivity contribution is -0.361. The van der Waals surface area contributed by atoms with Crippen molar-refractivity contribution in [1.82, 2.24) is 5.48 Å². The minimum absolute atomic E-state index is 0.0642. The van der Waals surface area contributed by atoms with Crippen LogP contribution in [-0.4, -0.2) is 24.6 Å². The number of nitrogens with one attached hydrogen (secondary N) is 1. The summed E-state index contributed by atoms with van der Waals surface area (Å²) in [5.41, 5.74) is 2.16. The molecule has 1 fully saturated rings. The molecule has 0 aromatic heterocycles. The maximum atomic E-state index is 10.8. The zero-order valence-electron chi connectivity index (χ0n) is 13.1. The third kappa shape index (κ3) is 9.64. The molecule has 5 heteroatoms. The van der Waals surface area contributed by atoms with Gasteiger partial charge >= 0.3 is 0 Å². The summed E-state index contributed by atoms with van der Waals surface area (Å²) in [6.45, 7) is 14.4. The lowest BCUT2D eigenvalue weighted by Gasteiger charge is -2.32. The first kappa shape index (κ1) is 20.4. The molecule has 0 aromatic carbocycles. The molecule has 1 amide bonds. The van der Waals surface area contributed by atoms with Gasteiger partial charge in [0.1, 0.15) is 0 Å². The van der Waals surface area contributed by atoms with E-state index in [9.17, 15) is 4.79 Å². The molecule has 1 N–H and O–H groups in total. The average Bonchev–Trinajstić information content (AvgIpc) is 2.48. The summed E-state index contributed by atoms with van der Waals surface area (Å²) in [5, 5.41) is 0. The van der Waals surface area contributed by atoms with Crippen molar-refractivity contribution in [3.05, 3.63) is 12.7 Å². The largest absolute Gasteiger partial charge is 0.325 e. The smallest absolute Gasteiger partial charge is 0.294 e. The van der Waals surface area contributed by atoms with Crippen molar-refractivity contribution < 1.29 is 19.1 Å². The van der Waals surface area contributed by atoms with Gasteiger partial charge < -0.3 is 9.47 Å². The molecule has 0 bridgehead atoms. The quantitative estimate of drug-likeness (QED) is 0.632. The molecule has 0 spiro atoms. The Labute approximate surface area is 117 Å². The highest BCUT2D eigenvalue weighted by Crippen LogP contribution is 2.20. The summed E-state index contributed by atoms with van der Waals surface area (Å²) in [4.78, 5) is 15.7. The van der Waals surface area contributed by atoms with E-state index < -0.39 is 12.4 Å². The molecule has 114 valence electrons. The molecule has 0 aliphatic carbocycles. The van der Waals surface area contributed by atoms with Crippen molar-refractivity contribution in [2.45, 2.75) is 73.1 Å². The highest BCUT2D eigenvalue weighted by Gasteiger charge is 2.27. The molecule has 19 heavy (non-hydrogen) atoms. The number of hydrogen-bond donors (Lipinski definition) is 1. The predicted octanol–water partition coefficient (Wildman–Crippen LogP) is 3.16. The number of amides is 1. The third-order valence-corrected chi connectivity index (χ3v) is 2.14. The average molecular weight is 275 g/mol. The molecule has 1 aliphatic heterocycles. The zero-order chi connectivity index (χ0) is 15.3. The van der Waals surface area contributed by atoms with Crippen molar-refractivity contribution in [1.29, 1.82) is 0 Å². The molecule has 0 saturated carbocycles.